The molecular weight excluding hydrogens is 528 g/mol. The maximum atomic E-state index is 13.7. The molecule has 0 N–H and O–H groups in total. The number of carbonyl (C=O) groups is 3. The Balaban J connectivity index is 1.54. The Morgan fingerprint density at radius 3 is 2.54 bits per heavy atom. The number of hydrazone groups is 1. The van der Waals surface area contributed by atoms with Crippen LogP contribution < -0.4 is 9.91 Å². The lowest BCUT2D eigenvalue weighted by Crippen LogP contribution is -2.29. The number of imide groups is 1. The second-order valence-electron chi connectivity index (χ2n) is 8.05. The molecule has 2 heterocycles. The van der Waals surface area contributed by atoms with Gasteiger partial charge in [-0.15, -0.1) is 0 Å². The number of amides is 3. The summed E-state index contributed by atoms with van der Waals surface area (Å²) in [5.74, 6) is -0.965. The van der Waals surface area contributed by atoms with Gasteiger partial charge in [-0.25, -0.2) is 4.98 Å². The van der Waals surface area contributed by atoms with E-state index in [1.54, 1.807) is 30.5 Å². The van der Waals surface area contributed by atoms with Crippen LogP contribution in [0.1, 0.15) is 34.3 Å². The van der Waals surface area contributed by atoms with Gasteiger partial charge in [0.2, 0.25) is 16.9 Å². The van der Waals surface area contributed by atoms with E-state index in [4.69, 9.17) is 0 Å². The summed E-state index contributed by atoms with van der Waals surface area (Å²) in [6.07, 6.45) is 1.94. The maximum Gasteiger partial charge on any atom is 0.280 e. The molecule has 0 saturated carbocycles. The average molecular weight is 547 g/mol. The largest absolute Gasteiger partial charge is 0.280 e. The number of benzene rings is 3. The van der Waals surface area contributed by atoms with Crippen LogP contribution in [-0.2, 0) is 9.59 Å². The molecule has 1 fully saturated rings. The standard InChI is InChI=1S/C26H19BrN4O3S/c1-16-5-10-21-22(13-16)35-26(29-21)31(28-15-17-6-8-19(27)9-7-17)25(34)18-3-2-4-20(14-18)30-23(32)11-12-24(30)33/h2-10,13-15H,11-12H2,1H3/b28-15+. The fourth-order valence-electron chi connectivity index (χ4n) is 3.74. The summed E-state index contributed by atoms with van der Waals surface area (Å²) in [5, 5.41) is 6.17. The van der Waals surface area contributed by atoms with Gasteiger partial charge in [0.1, 0.15) is 0 Å². The van der Waals surface area contributed by atoms with Gasteiger partial charge in [-0.1, -0.05) is 51.5 Å². The number of thiazole rings is 1. The molecule has 3 amide bonds. The van der Waals surface area contributed by atoms with Crippen molar-refractivity contribution in [3.63, 3.8) is 0 Å². The molecule has 0 spiro atoms. The number of fused-ring (bicyclic) bond motifs is 1. The molecular formula is C26H19BrN4O3S. The summed E-state index contributed by atoms with van der Waals surface area (Å²) in [6, 6.07) is 19.9. The SMILES string of the molecule is Cc1ccc2nc(N(/N=C/c3ccc(Br)cc3)C(=O)c3cccc(N4C(=O)CCC4=O)c3)sc2c1. The highest BCUT2D eigenvalue weighted by atomic mass is 79.9. The van der Waals surface area contributed by atoms with Gasteiger partial charge in [0.15, 0.2) is 0 Å². The molecule has 7 nitrogen and oxygen atoms in total. The summed E-state index contributed by atoms with van der Waals surface area (Å²) >= 11 is 4.78. The Bertz CT molecular complexity index is 1480. The van der Waals surface area contributed by atoms with Crippen LogP contribution in [0, 0.1) is 6.92 Å². The summed E-state index contributed by atoms with van der Waals surface area (Å²) in [7, 11) is 0. The summed E-state index contributed by atoms with van der Waals surface area (Å²) in [6.45, 7) is 2.00. The zero-order valence-corrected chi connectivity index (χ0v) is 21.0. The van der Waals surface area contributed by atoms with Gasteiger partial charge < -0.3 is 0 Å². The van der Waals surface area contributed by atoms with E-state index in [9.17, 15) is 14.4 Å². The highest BCUT2D eigenvalue weighted by Crippen LogP contribution is 2.31. The highest BCUT2D eigenvalue weighted by molar-refractivity contribution is 9.10. The Morgan fingerprint density at radius 1 is 1.06 bits per heavy atom. The molecule has 174 valence electrons. The van der Waals surface area contributed by atoms with Crippen molar-refractivity contribution in [1.82, 2.24) is 4.98 Å². The van der Waals surface area contributed by atoms with Crippen LogP contribution in [0.25, 0.3) is 10.2 Å². The van der Waals surface area contributed by atoms with Crippen LogP contribution in [0.5, 0.6) is 0 Å². The van der Waals surface area contributed by atoms with Gasteiger partial charge in [-0.3, -0.25) is 19.3 Å². The molecule has 35 heavy (non-hydrogen) atoms. The first-order chi connectivity index (χ1) is 16.9. The first-order valence-electron chi connectivity index (χ1n) is 10.9. The van der Waals surface area contributed by atoms with Gasteiger partial charge >= 0.3 is 0 Å². The van der Waals surface area contributed by atoms with Gasteiger partial charge in [-0.2, -0.15) is 10.1 Å². The highest BCUT2D eigenvalue weighted by Gasteiger charge is 2.31. The van der Waals surface area contributed by atoms with E-state index in [1.807, 2.05) is 49.4 Å². The number of nitrogens with zero attached hydrogens (tertiary/aromatic N) is 4. The van der Waals surface area contributed by atoms with Crippen LogP contribution in [0.4, 0.5) is 10.8 Å². The molecule has 0 bridgehead atoms. The summed E-state index contributed by atoms with van der Waals surface area (Å²) in [5.41, 5.74) is 3.34. The summed E-state index contributed by atoms with van der Waals surface area (Å²) < 4.78 is 1.88. The zero-order chi connectivity index (χ0) is 24.5. The van der Waals surface area contributed by atoms with E-state index in [-0.39, 0.29) is 24.7 Å². The van der Waals surface area contributed by atoms with E-state index < -0.39 is 5.91 Å². The number of carbonyl (C=O) groups excluding carboxylic acids is 3. The normalized spacial score (nSPS) is 13.8. The van der Waals surface area contributed by atoms with Crippen LogP contribution >= 0.6 is 27.3 Å². The van der Waals surface area contributed by atoms with E-state index in [0.717, 1.165) is 30.7 Å². The molecule has 0 radical (unpaired) electrons. The molecule has 3 aromatic carbocycles. The predicted molar refractivity (Wildman–Crippen MR) is 141 cm³/mol. The Labute approximate surface area is 213 Å². The second-order valence-corrected chi connectivity index (χ2v) is 9.98. The topological polar surface area (TPSA) is 82.9 Å². The molecule has 1 saturated heterocycles. The molecule has 1 aliphatic rings. The number of rotatable bonds is 5. The maximum absolute atomic E-state index is 13.7. The first-order valence-corrected chi connectivity index (χ1v) is 12.5. The van der Waals surface area contributed by atoms with Crippen molar-refractivity contribution in [3.8, 4) is 0 Å². The third-order valence-corrected chi connectivity index (χ3v) is 7.02. The average Bonchev–Trinajstić information content (AvgIpc) is 3.42. The molecule has 1 aliphatic heterocycles. The number of halogens is 1. The van der Waals surface area contributed by atoms with Crippen molar-refractivity contribution in [2.75, 3.05) is 9.91 Å². The fourth-order valence-corrected chi connectivity index (χ4v) is 5.02. The minimum Gasteiger partial charge on any atom is -0.274 e. The van der Waals surface area contributed by atoms with Crippen LogP contribution in [0.2, 0.25) is 0 Å². The molecule has 5 rings (SSSR count). The van der Waals surface area contributed by atoms with Crippen molar-refractivity contribution in [3.05, 3.63) is 87.9 Å². The third kappa shape index (κ3) is 4.78. The number of aryl methyl sites for hydroxylation is 1. The molecule has 0 atom stereocenters. The van der Waals surface area contributed by atoms with Crippen LogP contribution in [0.3, 0.4) is 0 Å². The van der Waals surface area contributed by atoms with Crippen LogP contribution in [0.15, 0.2) is 76.3 Å². The molecule has 0 aliphatic carbocycles. The Kier molecular flexibility index (Phi) is 6.27. The van der Waals surface area contributed by atoms with Crippen molar-refractivity contribution in [1.29, 1.82) is 0 Å². The van der Waals surface area contributed by atoms with Crippen molar-refractivity contribution in [2.24, 2.45) is 5.10 Å². The monoisotopic (exact) mass is 546 g/mol. The van der Waals surface area contributed by atoms with Gasteiger partial charge in [-0.05, 0) is 60.5 Å². The van der Waals surface area contributed by atoms with E-state index in [0.29, 0.717) is 16.4 Å². The summed E-state index contributed by atoms with van der Waals surface area (Å²) in [4.78, 5) is 43.9. The first kappa shape index (κ1) is 23.1. The van der Waals surface area contributed by atoms with E-state index >= 15 is 0 Å². The lowest BCUT2D eigenvalue weighted by molar-refractivity contribution is -0.121. The molecule has 1 aromatic heterocycles. The number of anilines is 2. The van der Waals surface area contributed by atoms with Crippen molar-refractivity contribution in [2.45, 2.75) is 19.8 Å². The van der Waals surface area contributed by atoms with Gasteiger partial charge in [0.25, 0.3) is 5.91 Å². The van der Waals surface area contributed by atoms with Gasteiger partial charge in [0.05, 0.1) is 22.1 Å². The third-order valence-electron chi connectivity index (χ3n) is 5.50. The zero-order valence-electron chi connectivity index (χ0n) is 18.6. The molecule has 0 unspecified atom stereocenters. The fraction of sp³-hybridized carbons (Fsp3) is 0.115. The minimum absolute atomic E-state index is 0.172. The number of hydrogen-bond acceptors (Lipinski definition) is 6. The van der Waals surface area contributed by atoms with Crippen LogP contribution in [-0.4, -0.2) is 28.9 Å². The lowest BCUT2D eigenvalue weighted by Gasteiger charge is -2.17. The molecule has 9 heteroatoms. The Hall–Kier alpha value is -3.69. The van der Waals surface area contributed by atoms with Crippen molar-refractivity contribution >= 4 is 72.2 Å². The number of aromatic nitrogens is 1. The van der Waals surface area contributed by atoms with Crippen molar-refractivity contribution < 1.29 is 14.4 Å². The predicted octanol–water partition coefficient (Wildman–Crippen LogP) is 5.70. The van der Waals surface area contributed by atoms with E-state index in [2.05, 4.69) is 26.0 Å². The Morgan fingerprint density at radius 2 is 1.80 bits per heavy atom. The smallest absolute Gasteiger partial charge is 0.274 e. The van der Waals surface area contributed by atoms with E-state index in [1.165, 1.54) is 16.3 Å². The van der Waals surface area contributed by atoms with Gasteiger partial charge in [0, 0.05) is 22.9 Å². The second kappa shape index (κ2) is 9.52. The quantitative estimate of drug-likeness (QED) is 0.182. The minimum atomic E-state index is -0.421. The number of hydrogen-bond donors (Lipinski definition) is 0. The molecule has 4 aromatic rings. The lowest BCUT2D eigenvalue weighted by atomic mass is 10.1.